The zero-order valence-corrected chi connectivity index (χ0v) is 14.1. The van der Waals surface area contributed by atoms with Gasteiger partial charge in [-0.2, -0.15) is 0 Å². The summed E-state index contributed by atoms with van der Waals surface area (Å²) < 4.78 is 5.35. The minimum absolute atomic E-state index is 0.0656. The second-order valence-electron chi connectivity index (χ2n) is 5.67. The topological polar surface area (TPSA) is 58.6 Å². The van der Waals surface area contributed by atoms with E-state index in [0.29, 0.717) is 36.0 Å². The summed E-state index contributed by atoms with van der Waals surface area (Å²) in [6.07, 6.45) is 1.32. The van der Waals surface area contributed by atoms with Gasteiger partial charge in [-0.1, -0.05) is 11.6 Å². The van der Waals surface area contributed by atoms with Gasteiger partial charge in [-0.15, -0.1) is 0 Å². The van der Waals surface area contributed by atoms with Crippen LogP contribution in [-0.2, 0) is 9.53 Å². The third-order valence-electron chi connectivity index (χ3n) is 3.97. The lowest BCUT2D eigenvalue weighted by Crippen LogP contribution is -2.37. The summed E-state index contributed by atoms with van der Waals surface area (Å²) in [5.41, 5.74) is 0.539. The lowest BCUT2D eigenvalue weighted by atomic mass is 10.1. The molecule has 2 rings (SSSR count). The van der Waals surface area contributed by atoms with Gasteiger partial charge in [0, 0.05) is 49.2 Å². The Morgan fingerprint density at radius 1 is 1.35 bits per heavy atom. The van der Waals surface area contributed by atoms with Crippen molar-refractivity contribution in [1.29, 1.82) is 0 Å². The van der Waals surface area contributed by atoms with Crippen LogP contribution in [-0.4, -0.2) is 49.6 Å². The third kappa shape index (κ3) is 5.52. The van der Waals surface area contributed by atoms with Crippen LogP contribution in [0.1, 0.15) is 30.1 Å². The molecule has 1 aliphatic heterocycles. The van der Waals surface area contributed by atoms with E-state index < -0.39 is 0 Å². The predicted molar refractivity (Wildman–Crippen MR) is 89.6 cm³/mol. The highest BCUT2D eigenvalue weighted by Crippen LogP contribution is 2.14. The van der Waals surface area contributed by atoms with Crippen LogP contribution in [0.25, 0.3) is 0 Å². The van der Waals surface area contributed by atoms with Crippen molar-refractivity contribution in [3.8, 4) is 0 Å². The van der Waals surface area contributed by atoms with Gasteiger partial charge in [0.05, 0.1) is 6.61 Å². The van der Waals surface area contributed by atoms with Gasteiger partial charge in [0.15, 0.2) is 0 Å². The molecule has 1 aliphatic rings. The van der Waals surface area contributed by atoms with Crippen LogP contribution in [0.15, 0.2) is 24.3 Å². The van der Waals surface area contributed by atoms with Crippen molar-refractivity contribution in [2.45, 2.75) is 19.8 Å². The molecular formula is C17H23ClN2O3. The van der Waals surface area contributed by atoms with E-state index in [9.17, 15) is 9.59 Å². The lowest BCUT2D eigenvalue weighted by molar-refractivity contribution is -0.131. The highest BCUT2D eigenvalue weighted by Gasteiger charge is 2.21. The van der Waals surface area contributed by atoms with Crippen molar-refractivity contribution < 1.29 is 14.3 Å². The van der Waals surface area contributed by atoms with Crippen LogP contribution in [0.3, 0.4) is 0 Å². The standard InChI is InChI=1S/C17H23ClN2O3/c1-2-20(11-13-8-10-23-12-13)16(21)7-9-19-17(22)14-3-5-15(18)6-4-14/h3-6,13H,2,7-12H2,1H3,(H,19,22)/t13-/m1/s1. The van der Waals surface area contributed by atoms with Crippen molar-refractivity contribution in [2.75, 3.05) is 32.8 Å². The molecule has 2 amide bonds. The van der Waals surface area contributed by atoms with Gasteiger partial charge in [0.25, 0.3) is 5.91 Å². The highest BCUT2D eigenvalue weighted by molar-refractivity contribution is 6.30. The molecule has 23 heavy (non-hydrogen) atoms. The Morgan fingerprint density at radius 3 is 2.70 bits per heavy atom. The normalized spacial score (nSPS) is 17.0. The van der Waals surface area contributed by atoms with E-state index in [1.165, 1.54) is 0 Å². The van der Waals surface area contributed by atoms with Gasteiger partial charge in [0.2, 0.25) is 5.91 Å². The first-order valence-electron chi connectivity index (χ1n) is 7.99. The second kappa shape index (κ2) is 8.89. The molecule has 5 nitrogen and oxygen atoms in total. The van der Waals surface area contributed by atoms with Gasteiger partial charge >= 0.3 is 0 Å². The Kier molecular flexibility index (Phi) is 6.86. The summed E-state index contributed by atoms with van der Waals surface area (Å²) in [6, 6.07) is 6.67. The summed E-state index contributed by atoms with van der Waals surface area (Å²) in [5.74, 6) is 0.306. The molecule has 1 aromatic carbocycles. The number of halogens is 1. The Morgan fingerprint density at radius 2 is 2.09 bits per heavy atom. The fourth-order valence-electron chi connectivity index (χ4n) is 2.59. The van der Waals surface area contributed by atoms with Crippen molar-refractivity contribution in [3.63, 3.8) is 0 Å². The second-order valence-corrected chi connectivity index (χ2v) is 6.11. The maximum Gasteiger partial charge on any atom is 0.251 e. The monoisotopic (exact) mass is 338 g/mol. The number of nitrogens with zero attached hydrogens (tertiary/aromatic N) is 1. The van der Waals surface area contributed by atoms with E-state index in [2.05, 4.69) is 5.32 Å². The Hall–Kier alpha value is -1.59. The highest BCUT2D eigenvalue weighted by atomic mass is 35.5. The Balaban J connectivity index is 1.74. The van der Waals surface area contributed by atoms with Crippen molar-refractivity contribution in [1.82, 2.24) is 10.2 Å². The third-order valence-corrected chi connectivity index (χ3v) is 4.22. The number of hydrogen-bond donors (Lipinski definition) is 1. The predicted octanol–water partition coefficient (Wildman–Crippen LogP) is 2.34. The lowest BCUT2D eigenvalue weighted by Gasteiger charge is -2.23. The fraction of sp³-hybridized carbons (Fsp3) is 0.529. The smallest absolute Gasteiger partial charge is 0.251 e. The summed E-state index contributed by atoms with van der Waals surface area (Å²) >= 11 is 5.79. The Labute approximate surface area is 141 Å². The maximum atomic E-state index is 12.2. The van der Waals surface area contributed by atoms with Crippen LogP contribution >= 0.6 is 11.6 Å². The maximum absolute atomic E-state index is 12.2. The van der Waals surface area contributed by atoms with Crippen molar-refractivity contribution >= 4 is 23.4 Å². The summed E-state index contributed by atoms with van der Waals surface area (Å²) in [4.78, 5) is 26.0. The number of ether oxygens (including phenoxy) is 1. The van der Waals surface area contributed by atoms with E-state index in [1.54, 1.807) is 24.3 Å². The SMILES string of the molecule is CCN(C[C@H]1CCOC1)C(=O)CCNC(=O)c1ccc(Cl)cc1. The first-order chi connectivity index (χ1) is 11.1. The van der Waals surface area contributed by atoms with E-state index >= 15 is 0 Å². The molecule has 1 saturated heterocycles. The number of hydrogen-bond acceptors (Lipinski definition) is 3. The zero-order valence-electron chi connectivity index (χ0n) is 13.4. The number of rotatable bonds is 7. The van der Waals surface area contributed by atoms with E-state index in [1.807, 2.05) is 11.8 Å². The molecule has 1 aromatic rings. The molecule has 0 radical (unpaired) electrons. The summed E-state index contributed by atoms with van der Waals surface area (Å²) in [7, 11) is 0. The minimum atomic E-state index is -0.193. The average Bonchev–Trinajstić information content (AvgIpc) is 3.06. The number of carbonyl (C=O) groups is 2. The first-order valence-corrected chi connectivity index (χ1v) is 8.37. The molecule has 0 spiro atoms. The molecule has 0 bridgehead atoms. The molecule has 1 atom stereocenters. The molecule has 126 valence electrons. The first kappa shape index (κ1) is 17.8. The van der Waals surface area contributed by atoms with Crippen LogP contribution in [0.5, 0.6) is 0 Å². The molecule has 1 fully saturated rings. The molecule has 1 N–H and O–H groups in total. The van der Waals surface area contributed by atoms with Gasteiger partial charge in [-0.25, -0.2) is 0 Å². The number of amides is 2. The summed E-state index contributed by atoms with van der Waals surface area (Å²) in [5, 5.41) is 3.36. The molecular weight excluding hydrogens is 316 g/mol. The quantitative estimate of drug-likeness (QED) is 0.830. The van der Waals surface area contributed by atoms with Crippen LogP contribution in [0, 0.1) is 5.92 Å². The average molecular weight is 339 g/mol. The zero-order chi connectivity index (χ0) is 16.7. The van der Waals surface area contributed by atoms with Gasteiger partial charge in [-0.3, -0.25) is 9.59 Å². The summed E-state index contributed by atoms with van der Waals surface area (Å²) in [6.45, 7) is 5.24. The number of nitrogens with one attached hydrogen (secondary N) is 1. The fourth-order valence-corrected chi connectivity index (χ4v) is 2.72. The van der Waals surface area contributed by atoms with E-state index in [4.69, 9.17) is 16.3 Å². The van der Waals surface area contributed by atoms with Crippen LogP contribution in [0.4, 0.5) is 0 Å². The van der Waals surface area contributed by atoms with Crippen molar-refractivity contribution in [2.24, 2.45) is 5.92 Å². The Bertz CT molecular complexity index is 527. The van der Waals surface area contributed by atoms with Crippen molar-refractivity contribution in [3.05, 3.63) is 34.9 Å². The van der Waals surface area contributed by atoms with E-state index in [-0.39, 0.29) is 11.8 Å². The largest absolute Gasteiger partial charge is 0.381 e. The van der Waals surface area contributed by atoms with Crippen LogP contribution < -0.4 is 5.32 Å². The molecule has 6 heteroatoms. The molecule has 0 unspecified atom stereocenters. The van der Waals surface area contributed by atoms with Crippen LogP contribution in [0.2, 0.25) is 5.02 Å². The number of carbonyl (C=O) groups excluding carboxylic acids is 2. The molecule has 1 heterocycles. The van der Waals surface area contributed by atoms with Gasteiger partial charge in [0.1, 0.15) is 0 Å². The van der Waals surface area contributed by atoms with E-state index in [0.717, 1.165) is 26.2 Å². The van der Waals surface area contributed by atoms with Gasteiger partial charge in [-0.05, 0) is 37.6 Å². The van der Waals surface area contributed by atoms with Gasteiger partial charge < -0.3 is 15.0 Å². The number of benzene rings is 1. The molecule has 0 aliphatic carbocycles. The molecule has 0 saturated carbocycles. The molecule has 0 aromatic heterocycles. The minimum Gasteiger partial charge on any atom is -0.381 e.